The number of hydrogen-bond donors (Lipinski definition) is 2. The molecule has 100 valence electrons. The van der Waals surface area contributed by atoms with Crippen LogP contribution in [0.4, 0.5) is 0 Å². The van der Waals surface area contributed by atoms with Crippen molar-refractivity contribution < 1.29 is 19.4 Å². The van der Waals surface area contributed by atoms with Crippen LogP contribution in [0.25, 0.3) is 0 Å². The van der Waals surface area contributed by atoms with E-state index in [-0.39, 0.29) is 12.2 Å². The molecule has 5 heteroatoms. The molecule has 0 aromatic carbocycles. The van der Waals surface area contributed by atoms with Gasteiger partial charge in [0.15, 0.2) is 0 Å². The molecule has 1 fully saturated rings. The van der Waals surface area contributed by atoms with E-state index in [1.54, 1.807) is 6.07 Å². The van der Waals surface area contributed by atoms with E-state index in [4.69, 9.17) is 14.6 Å². The van der Waals surface area contributed by atoms with Crippen LogP contribution in [0.15, 0.2) is 16.7 Å². The lowest BCUT2D eigenvalue weighted by atomic mass is 10.2. The summed E-state index contributed by atoms with van der Waals surface area (Å²) in [4.78, 5) is 12.9. The number of aliphatic hydroxyl groups excluding tert-OH is 1. The van der Waals surface area contributed by atoms with Crippen LogP contribution in [0.1, 0.15) is 41.8 Å². The Morgan fingerprint density at radius 2 is 2.17 bits per heavy atom. The highest BCUT2D eigenvalue weighted by molar-refractivity contribution is 5.87. The van der Waals surface area contributed by atoms with Gasteiger partial charge in [-0.2, -0.15) is 0 Å². The fourth-order valence-corrected chi connectivity index (χ4v) is 2.56. The molecule has 2 N–H and O–H groups in total. The van der Waals surface area contributed by atoms with Crippen LogP contribution in [0.5, 0.6) is 0 Å². The van der Waals surface area contributed by atoms with E-state index >= 15 is 0 Å². The Morgan fingerprint density at radius 3 is 2.72 bits per heavy atom. The largest absolute Gasteiger partial charge is 0.478 e. The van der Waals surface area contributed by atoms with Crippen molar-refractivity contribution in [1.82, 2.24) is 4.90 Å². The van der Waals surface area contributed by atoms with Crippen LogP contribution in [0.3, 0.4) is 0 Å². The summed E-state index contributed by atoms with van der Waals surface area (Å²) < 4.78 is 5.26. The van der Waals surface area contributed by atoms with Crippen LogP contribution in [0.2, 0.25) is 0 Å². The zero-order valence-corrected chi connectivity index (χ0v) is 10.3. The Bertz CT molecular complexity index is 395. The van der Waals surface area contributed by atoms with Crippen LogP contribution in [0, 0.1) is 0 Å². The molecule has 1 saturated carbocycles. The molecule has 0 bridgehead atoms. The third kappa shape index (κ3) is 3.11. The third-order valence-electron chi connectivity index (χ3n) is 3.49. The monoisotopic (exact) mass is 253 g/mol. The summed E-state index contributed by atoms with van der Waals surface area (Å²) in [6, 6.07) is 2.04. The van der Waals surface area contributed by atoms with Crippen molar-refractivity contribution in [2.75, 3.05) is 13.2 Å². The number of nitrogens with zero attached hydrogens (tertiary/aromatic N) is 1. The summed E-state index contributed by atoms with van der Waals surface area (Å²) in [5.74, 6) is -0.327. The van der Waals surface area contributed by atoms with Gasteiger partial charge in [-0.3, -0.25) is 4.90 Å². The maximum Gasteiger partial charge on any atom is 0.338 e. The molecule has 18 heavy (non-hydrogen) atoms. The van der Waals surface area contributed by atoms with Gasteiger partial charge in [0, 0.05) is 12.6 Å². The van der Waals surface area contributed by atoms with Crippen LogP contribution >= 0.6 is 0 Å². The predicted octanol–water partition coefficient (Wildman–Crippen LogP) is 1.71. The van der Waals surface area contributed by atoms with Crippen molar-refractivity contribution in [2.24, 2.45) is 0 Å². The minimum atomic E-state index is -0.973. The van der Waals surface area contributed by atoms with Crippen LogP contribution in [-0.2, 0) is 6.54 Å². The summed E-state index contributed by atoms with van der Waals surface area (Å²) in [5, 5.41) is 17.9. The van der Waals surface area contributed by atoms with Crippen molar-refractivity contribution in [3.63, 3.8) is 0 Å². The molecule has 5 nitrogen and oxygen atoms in total. The Balaban J connectivity index is 2.00. The number of aromatic carboxylic acids is 1. The lowest BCUT2D eigenvalue weighted by molar-refractivity contribution is 0.0696. The molecule has 1 heterocycles. The highest BCUT2D eigenvalue weighted by Crippen LogP contribution is 2.25. The maximum absolute atomic E-state index is 10.8. The molecule has 0 unspecified atom stereocenters. The Kier molecular flexibility index (Phi) is 4.38. The number of carboxylic acids is 1. The fourth-order valence-electron chi connectivity index (χ4n) is 2.56. The molecule has 0 amide bonds. The highest BCUT2D eigenvalue weighted by atomic mass is 16.4. The van der Waals surface area contributed by atoms with E-state index in [1.807, 2.05) is 0 Å². The zero-order valence-electron chi connectivity index (χ0n) is 10.3. The molecule has 2 rings (SSSR count). The van der Waals surface area contributed by atoms with Crippen molar-refractivity contribution >= 4 is 5.97 Å². The summed E-state index contributed by atoms with van der Waals surface area (Å²) in [6.07, 6.45) is 6.01. The number of aliphatic hydroxyl groups is 1. The van der Waals surface area contributed by atoms with Gasteiger partial charge in [-0.05, 0) is 18.9 Å². The van der Waals surface area contributed by atoms with E-state index in [1.165, 1.54) is 19.1 Å². The zero-order chi connectivity index (χ0) is 13.0. The molecule has 1 aliphatic carbocycles. The van der Waals surface area contributed by atoms with E-state index in [2.05, 4.69) is 4.90 Å². The number of hydrogen-bond acceptors (Lipinski definition) is 4. The number of furan rings is 1. The first-order valence-electron chi connectivity index (χ1n) is 6.36. The van der Waals surface area contributed by atoms with Gasteiger partial charge in [-0.15, -0.1) is 0 Å². The third-order valence-corrected chi connectivity index (χ3v) is 3.49. The quantitative estimate of drug-likeness (QED) is 0.807. The number of carboxylic acid groups (broad SMARTS) is 1. The fraction of sp³-hybridized carbons (Fsp3) is 0.615. The average molecular weight is 253 g/mol. The van der Waals surface area contributed by atoms with E-state index in [0.717, 1.165) is 12.8 Å². The number of carbonyl (C=O) groups is 1. The first kappa shape index (κ1) is 13.1. The maximum atomic E-state index is 10.8. The second kappa shape index (κ2) is 6.02. The van der Waals surface area contributed by atoms with Gasteiger partial charge in [0.1, 0.15) is 12.0 Å². The molecule has 0 atom stereocenters. The number of rotatable bonds is 6. The SMILES string of the molecule is O=C(O)c1coc(CN(CCO)C2CCCC2)c1. The first-order chi connectivity index (χ1) is 8.70. The van der Waals surface area contributed by atoms with E-state index < -0.39 is 5.97 Å². The van der Waals surface area contributed by atoms with Gasteiger partial charge in [0.05, 0.1) is 18.7 Å². The molecule has 0 spiro atoms. The topological polar surface area (TPSA) is 73.9 Å². The summed E-state index contributed by atoms with van der Waals surface area (Å²) in [6.45, 7) is 1.29. The molecule has 1 aromatic rings. The van der Waals surface area contributed by atoms with Gasteiger partial charge >= 0.3 is 5.97 Å². The second-order valence-corrected chi connectivity index (χ2v) is 4.74. The van der Waals surface area contributed by atoms with Crippen molar-refractivity contribution in [1.29, 1.82) is 0 Å². The Morgan fingerprint density at radius 1 is 1.44 bits per heavy atom. The van der Waals surface area contributed by atoms with E-state index in [9.17, 15) is 4.79 Å². The van der Waals surface area contributed by atoms with Crippen LogP contribution < -0.4 is 0 Å². The van der Waals surface area contributed by atoms with Gasteiger partial charge in [-0.1, -0.05) is 12.8 Å². The molecule has 0 saturated heterocycles. The predicted molar refractivity (Wildman–Crippen MR) is 65.4 cm³/mol. The molecular weight excluding hydrogens is 234 g/mol. The van der Waals surface area contributed by atoms with Crippen molar-refractivity contribution in [3.05, 3.63) is 23.7 Å². The summed E-state index contributed by atoms with van der Waals surface area (Å²) in [7, 11) is 0. The van der Waals surface area contributed by atoms with Crippen LogP contribution in [-0.4, -0.2) is 40.3 Å². The van der Waals surface area contributed by atoms with Gasteiger partial charge in [0.25, 0.3) is 0 Å². The minimum Gasteiger partial charge on any atom is -0.478 e. The average Bonchev–Trinajstić information content (AvgIpc) is 2.99. The van der Waals surface area contributed by atoms with Gasteiger partial charge in [-0.25, -0.2) is 4.79 Å². The summed E-state index contributed by atoms with van der Waals surface area (Å²) in [5.41, 5.74) is 0.181. The molecular formula is C13H19NO4. The molecule has 1 aromatic heterocycles. The van der Waals surface area contributed by atoms with Gasteiger partial charge < -0.3 is 14.6 Å². The molecule has 1 aliphatic rings. The second-order valence-electron chi connectivity index (χ2n) is 4.74. The standard InChI is InChI=1S/C13H19NO4/c15-6-5-14(11-3-1-2-4-11)8-12-7-10(9-18-12)13(16)17/h7,9,11,15H,1-6,8H2,(H,16,17). The molecule has 0 aliphatic heterocycles. The normalized spacial score (nSPS) is 16.6. The lowest BCUT2D eigenvalue weighted by Gasteiger charge is -2.26. The smallest absolute Gasteiger partial charge is 0.338 e. The molecule has 0 radical (unpaired) electrons. The first-order valence-corrected chi connectivity index (χ1v) is 6.36. The van der Waals surface area contributed by atoms with E-state index in [0.29, 0.717) is 24.9 Å². The highest BCUT2D eigenvalue weighted by Gasteiger charge is 2.23. The lowest BCUT2D eigenvalue weighted by Crippen LogP contribution is -2.34. The summed E-state index contributed by atoms with van der Waals surface area (Å²) >= 11 is 0. The van der Waals surface area contributed by atoms with Gasteiger partial charge in [0.2, 0.25) is 0 Å². The van der Waals surface area contributed by atoms with Crippen molar-refractivity contribution in [3.8, 4) is 0 Å². The Hall–Kier alpha value is -1.33. The minimum absolute atomic E-state index is 0.114. The van der Waals surface area contributed by atoms with Crippen molar-refractivity contribution in [2.45, 2.75) is 38.3 Å². The Labute approximate surface area is 106 Å².